The highest BCUT2D eigenvalue weighted by molar-refractivity contribution is 7.80. The van der Waals surface area contributed by atoms with Crippen LogP contribution in [0.3, 0.4) is 0 Å². The van der Waals surface area contributed by atoms with Crippen LogP contribution in [0.15, 0.2) is 54.6 Å². The van der Waals surface area contributed by atoms with Crippen molar-refractivity contribution < 1.29 is 9.67 Å². The zero-order valence-corrected chi connectivity index (χ0v) is 12.4. The molecule has 0 bridgehead atoms. The second kappa shape index (κ2) is 4.86. The number of benzene rings is 2. The topological polar surface area (TPSA) is 37.3 Å². The normalized spacial score (nSPS) is 14.9. The van der Waals surface area contributed by atoms with E-state index in [1.807, 2.05) is 57.2 Å². The molecule has 2 aromatic carbocycles. The summed E-state index contributed by atoms with van der Waals surface area (Å²) in [6, 6.07) is 16.3. The van der Waals surface area contributed by atoms with Gasteiger partial charge in [0.2, 0.25) is 0 Å². The van der Waals surface area contributed by atoms with Crippen LogP contribution in [0.25, 0.3) is 0 Å². The van der Waals surface area contributed by atoms with E-state index in [1.165, 1.54) is 0 Å². The molecule has 1 atom stereocenters. The average Bonchev–Trinajstić information content (AvgIpc) is 2.38. The number of phenolic OH excluding ortho intramolecular Hbond substituents is 1. The van der Waals surface area contributed by atoms with Gasteiger partial charge in [0.15, 0.2) is 7.14 Å². The first-order valence-electron chi connectivity index (χ1n) is 6.32. The monoisotopic (exact) mass is 274 g/mol. The molecule has 0 saturated carbocycles. The molecule has 0 saturated heterocycles. The van der Waals surface area contributed by atoms with Crippen LogP contribution in [0, 0.1) is 0 Å². The second-order valence-electron chi connectivity index (χ2n) is 5.60. The van der Waals surface area contributed by atoms with Crippen molar-refractivity contribution in [2.45, 2.75) is 25.9 Å². The molecule has 2 nitrogen and oxygen atoms in total. The summed E-state index contributed by atoms with van der Waals surface area (Å²) in [5.41, 5.74) is 0. The van der Waals surface area contributed by atoms with Crippen LogP contribution in [0.2, 0.25) is 0 Å². The first-order valence-corrected chi connectivity index (χ1v) is 8.02. The summed E-state index contributed by atoms with van der Waals surface area (Å²) in [4.78, 5) is 0. The maximum Gasteiger partial charge on any atom is 0.151 e. The highest BCUT2D eigenvalue weighted by atomic mass is 31.2. The van der Waals surface area contributed by atoms with Gasteiger partial charge >= 0.3 is 0 Å². The van der Waals surface area contributed by atoms with Crippen molar-refractivity contribution in [2.24, 2.45) is 0 Å². The van der Waals surface area contributed by atoms with Crippen LogP contribution in [-0.4, -0.2) is 10.3 Å². The fraction of sp³-hybridized carbons (Fsp3) is 0.250. The molecule has 1 N–H and O–H groups in total. The van der Waals surface area contributed by atoms with Crippen LogP contribution in [0.5, 0.6) is 5.75 Å². The first kappa shape index (κ1) is 13.9. The van der Waals surface area contributed by atoms with Gasteiger partial charge in [0, 0.05) is 10.5 Å². The Balaban J connectivity index is 2.75. The fourth-order valence-electron chi connectivity index (χ4n) is 2.26. The molecule has 2 rings (SSSR count). The predicted molar refractivity (Wildman–Crippen MR) is 81.2 cm³/mol. The summed E-state index contributed by atoms with van der Waals surface area (Å²) >= 11 is 0. The van der Waals surface area contributed by atoms with Crippen LogP contribution in [-0.2, 0) is 4.57 Å². The average molecular weight is 274 g/mol. The van der Waals surface area contributed by atoms with Crippen LogP contribution in [0.1, 0.15) is 20.8 Å². The molecule has 0 aromatic heterocycles. The third-order valence-electron chi connectivity index (χ3n) is 3.29. The molecule has 0 aliphatic heterocycles. The van der Waals surface area contributed by atoms with Crippen LogP contribution >= 0.6 is 7.14 Å². The summed E-state index contributed by atoms with van der Waals surface area (Å²) in [6.45, 7) is 5.85. The molecule has 0 aliphatic carbocycles. The number of aromatic hydroxyl groups is 1. The van der Waals surface area contributed by atoms with E-state index < -0.39 is 12.3 Å². The summed E-state index contributed by atoms with van der Waals surface area (Å²) in [7, 11) is -2.90. The van der Waals surface area contributed by atoms with E-state index in [9.17, 15) is 9.67 Å². The van der Waals surface area contributed by atoms with Gasteiger partial charge in [-0.3, -0.25) is 0 Å². The third-order valence-corrected chi connectivity index (χ3v) is 7.26. The molecule has 0 radical (unpaired) electrons. The Bertz CT molecular complexity index is 612. The lowest BCUT2D eigenvalue weighted by Gasteiger charge is -2.32. The summed E-state index contributed by atoms with van der Waals surface area (Å²) in [5.74, 6) is 0.101. The first-order chi connectivity index (χ1) is 8.87. The van der Waals surface area contributed by atoms with E-state index in [-0.39, 0.29) is 5.75 Å². The minimum absolute atomic E-state index is 0.101. The summed E-state index contributed by atoms with van der Waals surface area (Å²) < 4.78 is 13.7. The Morgan fingerprint density at radius 2 is 1.42 bits per heavy atom. The van der Waals surface area contributed by atoms with E-state index in [4.69, 9.17) is 0 Å². The highest BCUT2D eigenvalue weighted by Gasteiger charge is 2.41. The third kappa shape index (κ3) is 2.33. The van der Waals surface area contributed by atoms with Gasteiger partial charge in [0.1, 0.15) is 5.75 Å². The van der Waals surface area contributed by atoms with Gasteiger partial charge in [-0.2, -0.15) is 0 Å². The molecule has 0 spiro atoms. The molecule has 0 fully saturated rings. The van der Waals surface area contributed by atoms with E-state index in [0.29, 0.717) is 5.30 Å². The standard InChI is InChI=1S/C16H19O2P/c1-16(2,3)19(18,13-9-5-4-6-10-13)15-12-8-7-11-14(15)17/h4-12,17H,1-3H3. The SMILES string of the molecule is CC(C)(C)P(=O)(c1ccccc1)c1ccccc1O. The van der Waals surface area contributed by atoms with E-state index in [0.717, 1.165) is 5.30 Å². The molecule has 0 heterocycles. The fourth-order valence-corrected chi connectivity index (χ4v) is 5.32. The minimum Gasteiger partial charge on any atom is -0.507 e. The van der Waals surface area contributed by atoms with E-state index in [2.05, 4.69) is 0 Å². The Morgan fingerprint density at radius 3 is 1.95 bits per heavy atom. The van der Waals surface area contributed by atoms with Crippen LogP contribution < -0.4 is 10.6 Å². The molecule has 0 amide bonds. The van der Waals surface area contributed by atoms with Crippen molar-refractivity contribution in [3.63, 3.8) is 0 Å². The van der Waals surface area contributed by atoms with Crippen molar-refractivity contribution in [1.29, 1.82) is 0 Å². The van der Waals surface area contributed by atoms with Crippen molar-refractivity contribution in [3.8, 4) is 5.75 Å². The summed E-state index contributed by atoms with van der Waals surface area (Å²) in [6.07, 6.45) is 0. The molecular formula is C16H19O2P. The van der Waals surface area contributed by atoms with Gasteiger partial charge in [-0.15, -0.1) is 0 Å². The zero-order chi connectivity index (χ0) is 14.1. The zero-order valence-electron chi connectivity index (χ0n) is 11.5. The lowest BCUT2D eigenvalue weighted by molar-refractivity contribution is 0.478. The van der Waals surface area contributed by atoms with Gasteiger partial charge in [0.05, 0.1) is 5.30 Å². The highest BCUT2D eigenvalue weighted by Crippen LogP contribution is 2.56. The molecule has 1 unspecified atom stereocenters. The largest absolute Gasteiger partial charge is 0.507 e. The summed E-state index contributed by atoms with van der Waals surface area (Å²) in [5, 5.41) is 11.0. The molecule has 19 heavy (non-hydrogen) atoms. The van der Waals surface area contributed by atoms with Crippen molar-refractivity contribution in [1.82, 2.24) is 0 Å². The molecule has 0 aliphatic rings. The van der Waals surface area contributed by atoms with Gasteiger partial charge in [-0.05, 0) is 12.1 Å². The van der Waals surface area contributed by atoms with Crippen molar-refractivity contribution in [3.05, 3.63) is 54.6 Å². The Kier molecular flexibility index (Phi) is 3.56. The number of hydrogen-bond donors (Lipinski definition) is 1. The molecule has 2 aromatic rings. The van der Waals surface area contributed by atoms with Gasteiger partial charge in [-0.25, -0.2) is 0 Å². The Hall–Kier alpha value is -1.53. The number of para-hydroxylation sites is 1. The lowest BCUT2D eigenvalue weighted by atomic mass is 10.2. The quantitative estimate of drug-likeness (QED) is 0.851. The Morgan fingerprint density at radius 1 is 0.895 bits per heavy atom. The lowest BCUT2D eigenvalue weighted by Crippen LogP contribution is -2.30. The van der Waals surface area contributed by atoms with E-state index >= 15 is 0 Å². The molecule has 3 heteroatoms. The van der Waals surface area contributed by atoms with Gasteiger partial charge < -0.3 is 9.67 Å². The van der Waals surface area contributed by atoms with E-state index in [1.54, 1.807) is 18.2 Å². The smallest absolute Gasteiger partial charge is 0.151 e. The number of phenols is 1. The number of hydrogen-bond acceptors (Lipinski definition) is 2. The predicted octanol–water partition coefficient (Wildman–Crippen LogP) is 3.50. The molecular weight excluding hydrogens is 255 g/mol. The minimum atomic E-state index is -2.90. The second-order valence-corrected chi connectivity index (χ2v) is 9.16. The maximum atomic E-state index is 13.7. The maximum absolute atomic E-state index is 13.7. The van der Waals surface area contributed by atoms with Gasteiger partial charge in [0.25, 0.3) is 0 Å². The molecule has 100 valence electrons. The van der Waals surface area contributed by atoms with Gasteiger partial charge in [-0.1, -0.05) is 63.2 Å². The van der Waals surface area contributed by atoms with Crippen molar-refractivity contribution >= 4 is 17.8 Å². The van der Waals surface area contributed by atoms with Crippen LogP contribution in [0.4, 0.5) is 0 Å². The number of rotatable bonds is 2. The Labute approximate surface area is 114 Å². The van der Waals surface area contributed by atoms with Crippen molar-refractivity contribution in [2.75, 3.05) is 0 Å².